The molecule has 32 heavy (non-hydrogen) atoms. The fraction of sp³-hybridized carbons (Fsp3) is 0.458. The summed E-state index contributed by atoms with van der Waals surface area (Å²) in [5.41, 5.74) is 2.06. The third-order valence-electron chi connectivity index (χ3n) is 6.28. The van der Waals surface area contributed by atoms with Crippen LogP contribution >= 0.6 is 11.3 Å². The number of rotatable bonds is 6. The molecule has 2 aliphatic rings. The molecule has 168 valence electrons. The van der Waals surface area contributed by atoms with Crippen LogP contribution in [0.25, 0.3) is 10.7 Å². The van der Waals surface area contributed by atoms with Crippen molar-refractivity contribution in [1.82, 2.24) is 24.8 Å². The highest BCUT2D eigenvalue weighted by Crippen LogP contribution is 2.22. The molecule has 0 N–H and O–H groups in total. The van der Waals surface area contributed by atoms with Gasteiger partial charge < -0.3 is 9.42 Å². The van der Waals surface area contributed by atoms with Crippen molar-refractivity contribution in [2.24, 2.45) is 0 Å². The Morgan fingerprint density at radius 2 is 1.66 bits per heavy atom. The van der Waals surface area contributed by atoms with Gasteiger partial charge in [0.15, 0.2) is 0 Å². The molecule has 0 saturated carbocycles. The fourth-order valence-electron chi connectivity index (χ4n) is 4.44. The second kappa shape index (κ2) is 9.94. The van der Waals surface area contributed by atoms with Crippen LogP contribution in [-0.4, -0.2) is 70.0 Å². The van der Waals surface area contributed by atoms with E-state index in [1.165, 1.54) is 37.9 Å². The lowest BCUT2D eigenvalue weighted by molar-refractivity contribution is 0.0615. The van der Waals surface area contributed by atoms with Gasteiger partial charge in [0.1, 0.15) is 0 Å². The summed E-state index contributed by atoms with van der Waals surface area (Å²) in [7, 11) is 0. The number of amides is 1. The van der Waals surface area contributed by atoms with Gasteiger partial charge in [-0.1, -0.05) is 29.8 Å². The van der Waals surface area contributed by atoms with Crippen molar-refractivity contribution in [3.05, 3.63) is 58.8 Å². The van der Waals surface area contributed by atoms with Gasteiger partial charge in [0.05, 0.1) is 11.4 Å². The minimum Gasteiger partial charge on any atom is -0.338 e. The SMILES string of the molecule is O=C(c1ccc(CN2CCCCC2)cc1)N1CCN(Cc2nc(-c3cccs3)no2)CC1. The maximum absolute atomic E-state index is 13.0. The smallest absolute Gasteiger partial charge is 0.253 e. The number of hydrogen-bond acceptors (Lipinski definition) is 7. The maximum atomic E-state index is 13.0. The van der Waals surface area contributed by atoms with Gasteiger partial charge >= 0.3 is 0 Å². The summed E-state index contributed by atoms with van der Waals surface area (Å²) in [6, 6.07) is 12.2. The number of benzene rings is 1. The monoisotopic (exact) mass is 451 g/mol. The molecule has 2 fully saturated rings. The van der Waals surface area contributed by atoms with Crippen molar-refractivity contribution in [2.75, 3.05) is 39.3 Å². The molecule has 0 unspecified atom stereocenters. The van der Waals surface area contributed by atoms with E-state index in [0.29, 0.717) is 31.3 Å². The van der Waals surface area contributed by atoms with Gasteiger partial charge in [-0.3, -0.25) is 14.6 Å². The van der Waals surface area contributed by atoms with E-state index in [-0.39, 0.29) is 5.91 Å². The highest BCUT2D eigenvalue weighted by atomic mass is 32.1. The number of carbonyl (C=O) groups excluding carboxylic acids is 1. The van der Waals surface area contributed by atoms with E-state index in [1.807, 2.05) is 34.5 Å². The number of hydrogen-bond donors (Lipinski definition) is 0. The lowest BCUT2D eigenvalue weighted by atomic mass is 10.1. The third kappa shape index (κ3) is 5.09. The molecule has 0 aliphatic carbocycles. The fourth-order valence-corrected chi connectivity index (χ4v) is 5.09. The van der Waals surface area contributed by atoms with Crippen molar-refractivity contribution in [1.29, 1.82) is 0 Å². The lowest BCUT2D eigenvalue weighted by Gasteiger charge is -2.34. The standard InChI is InChI=1S/C24H29N5O2S/c30-24(20-8-6-19(7-9-20)17-27-10-2-1-3-11-27)29-14-12-28(13-15-29)18-22-25-23(26-31-22)21-5-4-16-32-21/h4-9,16H,1-3,10-15,17-18H2. The molecule has 5 rings (SSSR count). The summed E-state index contributed by atoms with van der Waals surface area (Å²) < 4.78 is 5.42. The van der Waals surface area contributed by atoms with Crippen LogP contribution < -0.4 is 0 Å². The summed E-state index contributed by atoms with van der Waals surface area (Å²) in [5.74, 6) is 1.39. The normalized spacial score (nSPS) is 18.2. The molecule has 3 aromatic rings. The summed E-state index contributed by atoms with van der Waals surface area (Å²) in [6.07, 6.45) is 3.94. The van der Waals surface area contributed by atoms with Gasteiger partial charge in [0.2, 0.25) is 11.7 Å². The first-order chi connectivity index (χ1) is 15.7. The Morgan fingerprint density at radius 1 is 0.906 bits per heavy atom. The van der Waals surface area contributed by atoms with Crippen molar-refractivity contribution in [2.45, 2.75) is 32.4 Å². The van der Waals surface area contributed by atoms with E-state index in [1.54, 1.807) is 11.3 Å². The zero-order valence-corrected chi connectivity index (χ0v) is 19.1. The van der Waals surface area contributed by atoms with E-state index < -0.39 is 0 Å². The van der Waals surface area contributed by atoms with E-state index >= 15 is 0 Å². The Balaban J connectivity index is 1.11. The molecular weight excluding hydrogens is 422 g/mol. The van der Waals surface area contributed by atoms with E-state index in [0.717, 1.165) is 30.1 Å². The quantitative estimate of drug-likeness (QED) is 0.569. The molecule has 0 radical (unpaired) electrons. The number of carbonyl (C=O) groups is 1. The highest BCUT2D eigenvalue weighted by molar-refractivity contribution is 7.13. The van der Waals surface area contributed by atoms with Gasteiger partial charge in [0, 0.05) is 38.3 Å². The molecular formula is C24H29N5O2S. The van der Waals surface area contributed by atoms with Crippen molar-refractivity contribution in [3.8, 4) is 10.7 Å². The second-order valence-corrected chi connectivity index (χ2v) is 9.54. The molecule has 2 aromatic heterocycles. The Morgan fingerprint density at radius 3 is 2.38 bits per heavy atom. The van der Waals surface area contributed by atoms with Crippen LogP contribution in [0, 0.1) is 0 Å². The first kappa shape index (κ1) is 21.3. The van der Waals surface area contributed by atoms with E-state index in [2.05, 4.69) is 32.1 Å². The minimum absolute atomic E-state index is 0.118. The zero-order chi connectivity index (χ0) is 21.8. The Kier molecular flexibility index (Phi) is 6.61. The second-order valence-electron chi connectivity index (χ2n) is 8.59. The summed E-state index contributed by atoms with van der Waals surface area (Å²) in [6.45, 7) is 6.99. The van der Waals surface area contributed by atoms with Crippen molar-refractivity contribution >= 4 is 17.2 Å². The molecule has 1 aromatic carbocycles. The maximum Gasteiger partial charge on any atom is 0.253 e. The number of aromatic nitrogens is 2. The number of thiophene rings is 1. The summed E-state index contributed by atoms with van der Waals surface area (Å²) >= 11 is 1.60. The topological polar surface area (TPSA) is 65.7 Å². The van der Waals surface area contributed by atoms with Crippen LogP contribution in [0.15, 0.2) is 46.3 Å². The summed E-state index contributed by atoms with van der Waals surface area (Å²) in [4.78, 5) is 25.2. The van der Waals surface area contributed by atoms with Gasteiger partial charge in [-0.15, -0.1) is 11.3 Å². The first-order valence-electron chi connectivity index (χ1n) is 11.4. The average Bonchev–Trinajstić information content (AvgIpc) is 3.53. The Labute approximate surface area is 192 Å². The number of likely N-dealkylation sites (tertiary alicyclic amines) is 1. The molecule has 7 nitrogen and oxygen atoms in total. The Hall–Kier alpha value is -2.55. The van der Waals surface area contributed by atoms with Gasteiger partial charge in [-0.05, 0) is 55.1 Å². The summed E-state index contributed by atoms with van der Waals surface area (Å²) in [5, 5.41) is 6.08. The van der Waals surface area contributed by atoms with Crippen molar-refractivity contribution in [3.63, 3.8) is 0 Å². The van der Waals surface area contributed by atoms with Crippen molar-refractivity contribution < 1.29 is 9.32 Å². The molecule has 0 atom stereocenters. The van der Waals surface area contributed by atoms with Crippen LogP contribution in [-0.2, 0) is 13.1 Å². The average molecular weight is 452 g/mol. The van der Waals surface area contributed by atoms with E-state index in [4.69, 9.17) is 4.52 Å². The predicted molar refractivity (Wildman–Crippen MR) is 124 cm³/mol. The molecule has 2 saturated heterocycles. The molecule has 0 spiro atoms. The Bertz CT molecular complexity index is 1000. The molecule has 8 heteroatoms. The first-order valence-corrected chi connectivity index (χ1v) is 12.3. The molecule has 1 amide bonds. The highest BCUT2D eigenvalue weighted by Gasteiger charge is 2.23. The third-order valence-corrected chi connectivity index (χ3v) is 7.15. The molecule has 2 aliphatic heterocycles. The zero-order valence-electron chi connectivity index (χ0n) is 18.3. The van der Waals surface area contributed by atoms with Crippen LogP contribution in [0.4, 0.5) is 0 Å². The van der Waals surface area contributed by atoms with Gasteiger partial charge in [-0.2, -0.15) is 4.98 Å². The molecule has 4 heterocycles. The lowest BCUT2D eigenvalue weighted by Crippen LogP contribution is -2.48. The van der Waals surface area contributed by atoms with Gasteiger partial charge in [-0.25, -0.2) is 0 Å². The van der Waals surface area contributed by atoms with Crippen LogP contribution in [0.2, 0.25) is 0 Å². The number of piperazine rings is 1. The van der Waals surface area contributed by atoms with E-state index in [9.17, 15) is 4.79 Å². The van der Waals surface area contributed by atoms with Crippen LogP contribution in [0.5, 0.6) is 0 Å². The largest absolute Gasteiger partial charge is 0.338 e. The number of piperidine rings is 1. The predicted octanol–water partition coefficient (Wildman–Crippen LogP) is 3.74. The molecule has 0 bridgehead atoms. The van der Waals surface area contributed by atoms with Crippen LogP contribution in [0.3, 0.4) is 0 Å². The minimum atomic E-state index is 0.118. The van der Waals surface area contributed by atoms with Crippen LogP contribution in [0.1, 0.15) is 41.1 Å². The number of nitrogens with zero attached hydrogens (tertiary/aromatic N) is 5. The van der Waals surface area contributed by atoms with Gasteiger partial charge in [0.25, 0.3) is 5.91 Å².